The summed E-state index contributed by atoms with van der Waals surface area (Å²) in [5.41, 5.74) is -1.60. The molecule has 2 nitrogen and oxygen atoms in total. The van der Waals surface area contributed by atoms with Crippen molar-refractivity contribution < 1.29 is 18.6 Å². The minimum Gasteiger partial charge on any atom is -0.494 e. The van der Waals surface area contributed by atoms with Gasteiger partial charge in [0.2, 0.25) is 0 Å². The summed E-state index contributed by atoms with van der Waals surface area (Å²) in [6, 6.07) is 1.09. The van der Waals surface area contributed by atoms with E-state index in [0.717, 1.165) is 31.7 Å². The van der Waals surface area contributed by atoms with Crippen LogP contribution in [0.4, 0.5) is 8.78 Å². The summed E-state index contributed by atoms with van der Waals surface area (Å²) < 4.78 is 34.5. The highest BCUT2D eigenvalue weighted by molar-refractivity contribution is 5.48. The molecule has 0 amide bonds. The zero-order chi connectivity index (χ0) is 17.7. The Hall–Kier alpha value is -1.42. The highest BCUT2D eigenvalue weighted by Crippen LogP contribution is 2.59. The van der Waals surface area contributed by atoms with Gasteiger partial charge < -0.3 is 9.84 Å². The van der Waals surface area contributed by atoms with E-state index in [1.165, 1.54) is 7.11 Å². The largest absolute Gasteiger partial charge is 0.494 e. The lowest BCUT2D eigenvalue weighted by Gasteiger charge is -2.46. The lowest BCUT2D eigenvalue weighted by molar-refractivity contribution is -0.121. The van der Waals surface area contributed by atoms with Crippen LogP contribution in [-0.2, 0) is 12.0 Å². The topological polar surface area (TPSA) is 29.5 Å². The Bertz CT molecular complexity index is 660. The van der Waals surface area contributed by atoms with Gasteiger partial charge in [-0.3, -0.25) is 0 Å². The third-order valence-corrected chi connectivity index (χ3v) is 6.23. The SMILES string of the molecule is C=CC1CCC(C2(O)c3c(F)c(OC)cc(F)c3CC2(C)C)CC1. The van der Waals surface area contributed by atoms with Gasteiger partial charge in [0, 0.05) is 17.0 Å². The van der Waals surface area contributed by atoms with E-state index in [0.29, 0.717) is 17.9 Å². The molecule has 0 spiro atoms. The molecule has 1 unspecified atom stereocenters. The Morgan fingerprint density at radius 3 is 2.42 bits per heavy atom. The fraction of sp³-hybridized carbons (Fsp3) is 0.600. The second-order valence-electron chi connectivity index (χ2n) is 7.90. The molecule has 0 aromatic heterocycles. The molecule has 1 aromatic carbocycles. The number of methoxy groups -OCH3 is 1. The molecule has 132 valence electrons. The summed E-state index contributed by atoms with van der Waals surface area (Å²) in [6.07, 6.45) is 5.71. The second-order valence-corrected chi connectivity index (χ2v) is 7.90. The van der Waals surface area contributed by atoms with Crippen molar-refractivity contribution in [1.29, 1.82) is 0 Å². The molecule has 1 aromatic rings. The first kappa shape index (κ1) is 17.4. The average molecular weight is 336 g/mol. The van der Waals surface area contributed by atoms with Crippen molar-refractivity contribution in [3.8, 4) is 5.75 Å². The third-order valence-electron chi connectivity index (χ3n) is 6.23. The van der Waals surface area contributed by atoms with Crippen LogP contribution in [0.15, 0.2) is 18.7 Å². The molecule has 1 N–H and O–H groups in total. The van der Waals surface area contributed by atoms with Crippen LogP contribution >= 0.6 is 0 Å². The van der Waals surface area contributed by atoms with Gasteiger partial charge in [-0.25, -0.2) is 8.78 Å². The molecule has 1 atom stereocenters. The van der Waals surface area contributed by atoms with Gasteiger partial charge in [-0.1, -0.05) is 19.9 Å². The number of rotatable bonds is 3. The maximum atomic E-state index is 15.0. The van der Waals surface area contributed by atoms with Crippen molar-refractivity contribution >= 4 is 0 Å². The Balaban J connectivity index is 2.12. The summed E-state index contributed by atoms with van der Waals surface area (Å²) in [5.74, 6) is -0.895. The monoisotopic (exact) mass is 336 g/mol. The van der Waals surface area contributed by atoms with Crippen molar-refractivity contribution in [1.82, 2.24) is 0 Å². The first-order chi connectivity index (χ1) is 11.3. The van der Waals surface area contributed by atoms with Crippen molar-refractivity contribution in [3.63, 3.8) is 0 Å². The Labute approximate surface area is 142 Å². The number of hydrogen-bond acceptors (Lipinski definition) is 2. The zero-order valence-electron chi connectivity index (χ0n) is 14.7. The van der Waals surface area contributed by atoms with E-state index in [9.17, 15) is 9.50 Å². The lowest BCUT2D eigenvalue weighted by atomic mass is 9.63. The maximum absolute atomic E-state index is 15.0. The van der Waals surface area contributed by atoms with Crippen LogP contribution in [0.3, 0.4) is 0 Å². The first-order valence-electron chi connectivity index (χ1n) is 8.66. The number of benzene rings is 1. The molecule has 4 heteroatoms. The van der Waals surface area contributed by atoms with Crippen LogP contribution in [-0.4, -0.2) is 12.2 Å². The van der Waals surface area contributed by atoms with E-state index in [1.54, 1.807) is 0 Å². The van der Waals surface area contributed by atoms with Gasteiger partial charge in [-0.2, -0.15) is 0 Å². The standard InChI is InChI=1S/C20H26F2O2/c1-5-12-6-8-13(9-7-12)20(23)17-14(11-19(20,2)3)15(21)10-16(24-4)18(17)22/h5,10,12-13,23H,1,6-9,11H2,2-4H3. The highest BCUT2D eigenvalue weighted by Gasteiger charge is 2.58. The molecule has 1 saturated carbocycles. The van der Waals surface area contributed by atoms with E-state index in [-0.39, 0.29) is 17.2 Å². The Morgan fingerprint density at radius 2 is 1.88 bits per heavy atom. The molecule has 0 radical (unpaired) electrons. The molecule has 2 aliphatic carbocycles. The molecular weight excluding hydrogens is 310 g/mol. The number of aliphatic hydroxyl groups is 1. The van der Waals surface area contributed by atoms with Crippen LogP contribution in [0.1, 0.15) is 50.7 Å². The molecule has 0 bridgehead atoms. The summed E-state index contributed by atoms with van der Waals surface area (Å²) in [6.45, 7) is 7.65. The van der Waals surface area contributed by atoms with Gasteiger partial charge >= 0.3 is 0 Å². The average Bonchev–Trinajstić information content (AvgIpc) is 2.79. The third kappa shape index (κ3) is 2.30. The van der Waals surface area contributed by atoms with E-state index in [2.05, 4.69) is 6.58 Å². The van der Waals surface area contributed by atoms with Gasteiger partial charge in [0.1, 0.15) is 11.4 Å². The summed E-state index contributed by atoms with van der Waals surface area (Å²) in [5, 5.41) is 11.7. The molecule has 1 fully saturated rings. The molecule has 24 heavy (non-hydrogen) atoms. The smallest absolute Gasteiger partial charge is 0.171 e. The predicted octanol–water partition coefficient (Wildman–Crippen LogP) is 4.74. The van der Waals surface area contributed by atoms with Crippen LogP contribution in [0.5, 0.6) is 5.75 Å². The fourth-order valence-corrected chi connectivity index (χ4v) is 4.80. The van der Waals surface area contributed by atoms with Crippen LogP contribution < -0.4 is 4.74 Å². The number of ether oxygens (including phenoxy) is 1. The molecule has 2 aliphatic rings. The van der Waals surface area contributed by atoms with Gasteiger partial charge in [-0.15, -0.1) is 6.58 Å². The quantitative estimate of drug-likeness (QED) is 0.808. The van der Waals surface area contributed by atoms with Crippen molar-refractivity contribution in [2.75, 3.05) is 7.11 Å². The van der Waals surface area contributed by atoms with E-state index in [4.69, 9.17) is 4.74 Å². The van der Waals surface area contributed by atoms with E-state index in [1.807, 2.05) is 19.9 Å². The molecule has 3 rings (SSSR count). The van der Waals surface area contributed by atoms with E-state index >= 15 is 4.39 Å². The minimum absolute atomic E-state index is 0.0917. The number of hydrogen-bond donors (Lipinski definition) is 1. The number of allylic oxidation sites excluding steroid dienone is 1. The molecular formula is C20H26F2O2. The molecule has 0 heterocycles. The second kappa shape index (κ2) is 5.83. The summed E-state index contributed by atoms with van der Waals surface area (Å²) >= 11 is 0. The van der Waals surface area contributed by atoms with Crippen molar-refractivity contribution in [3.05, 3.63) is 41.5 Å². The highest BCUT2D eigenvalue weighted by atomic mass is 19.1. The molecule has 0 aliphatic heterocycles. The summed E-state index contributed by atoms with van der Waals surface area (Å²) in [7, 11) is 1.32. The van der Waals surface area contributed by atoms with Crippen LogP contribution in [0.25, 0.3) is 0 Å². The summed E-state index contributed by atoms with van der Waals surface area (Å²) in [4.78, 5) is 0. The van der Waals surface area contributed by atoms with Gasteiger partial charge in [0.05, 0.1) is 7.11 Å². The van der Waals surface area contributed by atoms with Gasteiger partial charge in [-0.05, 0) is 49.5 Å². The Morgan fingerprint density at radius 1 is 1.25 bits per heavy atom. The number of fused-ring (bicyclic) bond motifs is 1. The fourth-order valence-electron chi connectivity index (χ4n) is 4.80. The maximum Gasteiger partial charge on any atom is 0.171 e. The van der Waals surface area contributed by atoms with Gasteiger partial charge in [0.25, 0.3) is 0 Å². The van der Waals surface area contributed by atoms with Crippen molar-refractivity contribution in [2.45, 2.75) is 51.6 Å². The van der Waals surface area contributed by atoms with Crippen LogP contribution in [0, 0.1) is 28.9 Å². The number of halogens is 2. The Kier molecular flexibility index (Phi) is 4.23. The lowest BCUT2D eigenvalue weighted by Crippen LogP contribution is -2.46. The van der Waals surface area contributed by atoms with Gasteiger partial charge in [0.15, 0.2) is 11.6 Å². The molecule has 0 saturated heterocycles. The minimum atomic E-state index is -1.38. The van der Waals surface area contributed by atoms with Crippen molar-refractivity contribution in [2.24, 2.45) is 17.3 Å². The zero-order valence-corrected chi connectivity index (χ0v) is 14.7. The predicted molar refractivity (Wildman–Crippen MR) is 89.9 cm³/mol. The van der Waals surface area contributed by atoms with E-state index < -0.39 is 22.7 Å². The first-order valence-corrected chi connectivity index (χ1v) is 8.66. The normalized spacial score (nSPS) is 31.6. The van der Waals surface area contributed by atoms with Crippen LogP contribution in [0.2, 0.25) is 0 Å².